The Morgan fingerprint density at radius 3 is 2.35 bits per heavy atom. The van der Waals surface area contributed by atoms with Gasteiger partial charge in [0.05, 0.1) is 17.6 Å². The van der Waals surface area contributed by atoms with Crippen LogP contribution in [0.2, 0.25) is 0 Å². The van der Waals surface area contributed by atoms with E-state index in [0.717, 1.165) is 41.5 Å². The number of carbonyl (C=O) groups excluding carboxylic acids is 1. The Balaban J connectivity index is 1.41. The number of pyridine rings is 1. The van der Waals surface area contributed by atoms with Gasteiger partial charge < -0.3 is 15.5 Å². The van der Waals surface area contributed by atoms with Gasteiger partial charge in [-0.1, -0.05) is 36.4 Å². The van der Waals surface area contributed by atoms with E-state index in [1.165, 1.54) is 4.52 Å². The maximum atomic E-state index is 13.1. The van der Waals surface area contributed by atoms with Gasteiger partial charge in [-0.25, -0.2) is 18.2 Å². The second-order valence-corrected chi connectivity index (χ2v) is 12.8. The number of sulfone groups is 1. The average Bonchev–Trinajstić information content (AvgIpc) is 3.50. The van der Waals surface area contributed by atoms with Gasteiger partial charge in [0.2, 0.25) is 0 Å². The Kier molecular flexibility index (Phi) is 6.48. The first-order chi connectivity index (χ1) is 19.2. The zero-order chi connectivity index (χ0) is 28.2. The quantitative estimate of drug-likeness (QED) is 0.388. The summed E-state index contributed by atoms with van der Waals surface area (Å²) in [5.74, 6) is -0.0916. The third-order valence-corrected chi connectivity index (χ3v) is 9.48. The summed E-state index contributed by atoms with van der Waals surface area (Å²) in [6, 6.07) is 13.9. The number of benzene rings is 1. The molecule has 2 unspecified atom stereocenters. The highest BCUT2D eigenvalue weighted by atomic mass is 32.2. The molecular weight excluding hydrogens is 526 g/mol. The van der Waals surface area contributed by atoms with Crippen LogP contribution in [-0.2, 0) is 9.84 Å². The van der Waals surface area contributed by atoms with Crippen molar-refractivity contribution < 1.29 is 13.2 Å². The predicted molar refractivity (Wildman–Crippen MR) is 154 cm³/mol. The first-order valence-electron chi connectivity index (χ1n) is 13.6. The minimum Gasteiger partial charge on any atom is -0.382 e. The largest absolute Gasteiger partial charge is 0.382 e. The van der Waals surface area contributed by atoms with Crippen LogP contribution in [-0.4, -0.2) is 75.8 Å². The number of nitrogens with zero attached hydrogens (tertiary/aromatic N) is 6. The van der Waals surface area contributed by atoms with Crippen LogP contribution in [0.1, 0.15) is 44.2 Å². The van der Waals surface area contributed by atoms with E-state index in [9.17, 15) is 13.2 Å². The molecule has 0 aliphatic carbocycles. The second-order valence-electron chi connectivity index (χ2n) is 10.8. The van der Waals surface area contributed by atoms with Crippen molar-refractivity contribution in [1.29, 1.82) is 0 Å². The fourth-order valence-electron chi connectivity index (χ4n) is 6.26. The van der Waals surface area contributed by atoms with Gasteiger partial charge in [-0.05, 0) is 38.7 Å². The van der Waals surface area contributed by atoms with E-state index in [0.29, 0.717) is 30.7 Å². The number of anilines is 1. The summed E-state index contributed by atoms with van der Waals surface area (Å²) in [6.45, 7) is 2.59. The topological polar surface area (TPSA) is 127 Å². The molecule has 40 heavy (non-hydrogen) atoms. The fourth-order valence-corrected chi connectivity index (χ4v) is 7.31. The van der Waals surface area contributed by atoms with E-state index in [2.05, 4.69) is 10.1 Å². The van der Waals surface area contributed by atoms with Gasteiger partial charge in [0.25, 0.3) is 0 Å². The lowest BCUT2D eigenvalue weighted by molar-refractivity contribution is 0.112. The van der Waals surface area contributed by atoms with E-state index in [1.807, 2.05) is 61.3 Å². The summed E-state index contributed by atoms with van der Waals surface area (Å²) < 4.78 is 27.5. The molecule has 10 nitrogen and oxygen atoms in total. The van der Waals surface area contributed by atoms with Crippen LogP contribution in [0.25, 0.3) is 28.0 Å². The van der Waals surface area contributed by atoms with Crippen molar-refractivity contribution in [2.75, 3.05) is 25.6 Å². The molecule has 2 aliphatic rings. The van der Waals surface area contributed by atoms with E-state index in [1.54, 1.807) is 17.3 Å². The summed E-state index contributed by atoms with van der Waals surface area (Å²) in [6.07, 6.45) is 7.66. The molecule has 5 heterocycles. The lowest BCUT2D eigenvalue weighted by Crippen LogP contribution is -2.51. The molecular formula is C29H33N7O3S. The van der Waals surface area contributed by atoms with E-state index in [4.69, 9.17) is 10.7 Å². The number of hydrogen-bond acceptors (Lipinski definition) is 7. The molecule has 0 saturated carbocycles. The van der Waals surface area contributed by atoms with E-state index in [-0.39, 0.29) is 34.7 Å². The Bertz CT molecular complexity index is 1670. The third-order valence-electron chi connectivity index (χ3n) is 8.32. The standard InChI is InChI=1S/C29H33N7O3S/c1-4-34(2)29(37)35-21-11-12-22(35)15-20(14-21)25-26(40(3,38)39)27(30)36-28(33-25)23(17-32-36)19-10-13-24(31-16-19)18-8-6-5-7-9-18/h5-10,13,16-17,20-22H,4,11-12,14-15,30H2,1-3H3. The van der Waals surface area contributed by atoms with Crippen molar-refractivity contribution in [1.82, 2.24) is 29.4 Å². The molecule has 11 heteroatoms. The molecule has 6 rings (SSSR count). The maximum Gasteiger partial charge on any atom is 0.320 e. The summed E-state index contributed by atoms with van der Waals surface area (Å²) in [5, 5.41) is 4.42. The highest BCUT2D eigenvalue weighted by Crippen LogP contribution is 2.45. The maximum absolute atomic E-state index is 13.1. The molecule has 208 valence electrons. The van der Waals surface area contributed by atoms with Gasteiger partial charge in [-0.3, -0.25) is 4.98 Å². The smallest absolute Gasteiger partial charge is 0.320 e. The molecule has 2 saturated heterocycles. The normalized spacial score (nSPS) is 20.7. The number of fused-ring (bicyclic) bond motifs is 3. The van der Waals surface area contributed by atoms with Crippen molar-refractivity contribution in [2.24, 2.45) is 0 Å². The number of urea groups is 1. The van der Waals surface area contributed by atoms with Crippen LogP contribution in [0.15, 0.2) is 59.8 Å². The third kappa shape index (κ3) is 4.38. The van der Waals surface area contributed by atoms with Crippen molar-refractivity contribution >= 4 is 27.3 Å². The van der Waals surface area contributed by atoms with Crippen molar-refractivity contribution in [2.45, 2.75) is 55.5 Å². The average molecular weight is 560 g/mol. The number of amides is 2. The lowest BCUT2D eigenvalue weighted by Gasteiger charge is -2.40. The molecule has 0 radical (unpaired) electrons. The monoisotopic (exact) mass is 559 g/mol. The molecule has 3 aromatic heterocycles. The first-order valence-corrected chi connectivity index (χ1v) is 15.5. The number of hydrogen-bond donors (Lipinski definition) is 1. The van der Waals surface area contributed by atoms with Crippen LogP contribution in [0.3, 0.4) is 0 Å². The first kappa shape index (κ1) is 26.2. The van der Waals surface area contributed by atoms with Crippen molar-refractivity contribution in [3.8, 4) is 22.4 Å². The number of carbonyl (C=O) groups is 1. The van der Waals surface area contributed by atoms with Gasteiger partial charge in [-0.2, -0.15) is 9.61 Å². The van der Waals surface area contributed by atoms with Gasteiger partial charge in [-0.15, -0.1) is 0 Å². The molecule has 1 aromatic carbocycles. The molecule has 2 fully saturated rings. The van der Waals surface area contributed by atoms with Gasteiger partial charge in [0.1, 0.15) is 10.7 Å². The molecule has 2 N–H and O–H groups in total. The molecule has 2 amide bonds. The van der Waals surface area contributed by atoms with Crippen LogP contribution in [0.4, 0.5) is 10.6 Å². The van der Waals surface area contributed by atoms with Crippen LogP contribution in [0.5, 0.6) is 0 Å². The number of rotatable bonds is 5. The highest BCUT2D eigenvalue weighted by molar-refractivity contribution is 7.91. The second kappa shape index (κ2) is 9.88. The predicted octanol–water partition coefficient (Wildman–Crippen LogP) is 4.23. The Hall–Kier alpha value is -3.99. The van der Waals surface area contributed by atoms with Gasteiger partial charge >= 0.3 is 6.03 Å². The number of nitrogens with two attached hydrogens (primary N) is 1. The van der Waals surface area contributed by atoms with Gasteiger partial charge in [0, 0.05) is 60.7 Å². The van der Waals surface area contributed by atoms with E-state index < -0.39 is 9.84 Å². The van der Waals surface area contributed by atoms with Crippen molar-refractivity contribution in [3.63, 3.8) is 0 Å². The van der Waals surface area contributed by atoms with Crippen LogP contribution in [0, 0.1) is 0 Å². The Morgan fingerprint density at radius 1 is 1.05 bits per heavy atom. The Labute approximate surface area is 233 Å². The lowest BCUT2D eigenvalue weighted by atomic mass is 9.88. The zero-order valence-corrected chi connectivity index (χ0v) is 23.7. The summed E-state index contributed by atoms with van der Waals surface area (Å²) >= 11 is 0. The molecule has 2 bridgehead atoms. The van der Waals surface area contributed by atoms with Gasteiger partial charge in [0.15, 0.2) is 15.5 Å². The molecule has 2 atom stereocenters. The number of nitrogen functional groups attached to an aromatic ring is 1. The summed E-state index contributed by atoms with van der Waals surface area (Å²) in [5.41, 5.74) is 10.9. The highest BCUT2D eigenvalue weighted by Gasteiger charge is 2.46. The number of piperidine rings is 1. The summed E-state index contributed by atoms with van der Waals surface area (Å²) in [4.78, 5) is 26.4. The number of aromatic nitrogens is 4. The fraction of sp³-hybridized carbons (Fsp3) is 0.379. The van der Waals surface area contributed by atoms with E-state index >= 15 is 0 Å². The Morgan fingerprint density at radius 2 is 1.75 bits per heavy atom. The molecule has 2 aliphatic heterocycles. The summed E-state index contributed by atoms with van der Waals surface area (Å²) in [7, 11) is -1.89. The SMILES string of the molecule is CCN(C)C(=O)N1C2CCC1CC(c1nc3c(-c4ccc(-c5ccccc5)nc4)cnn3c(N)c1S(C)(=O)=O)C2. The minimum atomic E-state index is -3.71. The zero-order valence-electron chi connectivity index (χ0n) is 22.9. The molecule has 0 spiro atoms. The van der Waals surface area contributed by atoms with Crippen molar-refractivity contribution in [3.05, 3.63) is 60.6 Å². The van der Waals surface area contributed by atoms with Crippen LogP contribution >= 0.6 is 0 Å². The van der Waals surface area contributed by atoms with Crippen LogP contribution < -0.4 is 5.73 Å². The minimum absolute atomic E-state index is 0.0297. The molecule has 4 aromatic rings.